The van der Waals surface area contributed by atoms with Crippen LogP contribution in [0.5, 0.6) is 0 Å². The Morgan fingerprint density at radius 3 is 2.75 bits per heavy atom. The molecule has 0 aliphatic carbocycles. The maximum absolute atomic E-state index is 13.5. The second-order valence-corrected chi connectivity index (χ2v) is 5.36. The molecule has 1 N–H and O–H groups in total. The number of halogens is 4. The summed E-state index contributed by atoms with van der Waals surface area (Å²) < 4.78 is 41.1. The van der Waals surface area contributed by atoms with Crippen LogP contribution < -0.4 is 5.32 Å². The molecule has 2 heterocycles. The molecule has 2 aromatic heterocycles. The van der Waals surface area contributed by atoms with Crippen molar-refractivity contribution >= 4 is 17.5 Å². The Kier molecular flexibility index (Phi) is 5.45. The SMILES string of the molecule is CNCCN(C)C(=O)c1cnn(-c2ncccc2Cl)c1C(F)(F)F. The third-order valence-electron chi connectivity index (χ3n) is 3.25. The van der Waals surface area contributed by atoms with Gasteiger partial charge in [-0.3, -0.25) is 4.79 Å². The van der Waals surface area contributed by atoms with Gasteiger partial charge < -0.3 is 10.2 Å². The molecular formula is C14H15ClF3N5O. The zero-order valence-corrected chi connectivity index (χ0v) is 13.7. The highest BCUT2D eigenvalue weighted by molar-refractivity contribution is 6.32. The van der Waals surface area contributed by atoms with Crippen molar-refractivity contribution in [3.63, 3.8) is 0 Å². The Morgan fingerprint density at radius 1 is 1.46 bits per heavy atom. The van der Waals surface area contributed by atoms with E-state index in [4.69, 9.17) is 11.6 Å². The van der Waals surface area contributed by atoms with Crippen LogP contribution >= 0.6 is 11.6 Å². The summed E-state index contributed by atoms with van der Waals surface area (Å²) in [5, 5.41) is 6.50. The summed E-state index contributed by atoms with van der Waals surface area (Å²) in [4.78, 5) is 17.4. The molecule has 0 aromatic carbocycles. The molecule has 0 unspecified atom stereocenters. The predicted molar refractivity (Wildman–Crippen MR) is 82.3 cm³/mol. The molecular weight excluding hydrogens is 347 g/mol. The lowest BCUT2D eigenvalue weighted by molar-refractivity contribution is -0.143. The van der Waals surface area contributed by atoms with E-state index in [0.717, 1.165) is 6.20 Å². The summed E-state index contributed by atoms with van der Waals surface area (Å²) in [6.07, 6.45) is -2.62. The van der Waals surface area contributed by atoms with Crippen LogP contribution in [0.4, 0.5) is 13.2 Å². The second kappa shape index (κ2) is 7.18. The van der Waals surface area contributed by atoms with Crippen LogP contribution in [0.1, 0.15) is 16.1 Å². The summed E-state index contributed by atoms with van der Waals surface area (Å²) >= 11 is 5.91. The summed E-state index contributed by atoms with van der Waals surface area (Å²) in [5.74, 6) is -0.973. The minimum atomic E-state index is -4.80. The molecule has 0 fully saturated rings. The first-order chi connectivity index (χ1) is 11.3. The third kappa shape index (κ3) is 3.68. The van der Waals surface area contributed by atoms with Crippen molar-refractivity contribution in [2.45, 2.75) is 6.18 Å². The Morgan fingerprint density at radius 2 is 2.17 bits per heavy atom. The first-order valence-corrected chi connectivity index (χ1v) is 7.31. The standard InChI is InChI=1S/C14H15ClF3N5O/c1-19-6-7-22(2)13(24)9-8-21-23(11(9)14(16,17)18)12-10(15)4-3-5-20-12/h3-5,8,19H,6-7H2,1-2H3. The number of amides is 1. The average molecular weight is 362 g/mol. The number of nitrogens with zero attached hydrogens (tertiary/aromatic N) is 4. The van der Waals surface area contributed by atoms with E-state index < -0.39 is 23.3 Å². The minimum Gasteiger partial charge on any atom is -0.340 e. The van der Waals surface area contributed by atoms with Crippen LogP contribution in [0.2, 0.25) is 5.02 Å². The number of carbonyl (C=O) groups excluding carboxylic acids is 1. The molecule has 10 heteroatoms. The number of carbonyl (C=O) groups is 1. The van der Waals surface area contributed by atoms with E-state index in [0.29, 0.717) is 11.2 Å². The van der Waals surface area contributed by atoms with Crippen molar-refractivity contribution in [2.24, 2.45) is 0 Å². The molecule has 2 rings (SSSR count). The van der Waals surface area contributed by atoms with E-state index in [-0.39, 0.29) is 17.4 Å². The lowest BCUT2D eigenvalue weighted by Gasteiger charge is -2.18. The predicted octanol–water partition coefficient (Wildman–Crippen LogP) is 2.23. The summed E-state index contributed by atoms with van der Waals surface area (Å²) in [6, 6.07) is 2.88. The number of aromatic nitrogens is 3. The van der Waals surface area contributed by atoms with Crippen molar-refractivity contribution in [1.29, 1.82) is 0 Å². The van der Waals surface area contributed by atoms with E-state index >= 15 is 0 Å². The smallest absolute Gasteiger partial charge is 0.340 e. The maximum Gasteiger partial charge on any atom is 0.434 e. The number of likely N-dealkylation sites (N-methyl/N-ethyl adjacent to an activating group) is 2. The largest absolute Gasteiger partial charge is 0.434 e. The fraction of sp³-hybridized carbons (Fsp3) is 0.357. The van der Waals surface area contributed by atoms with Crippen molar-refractivity contribution in [1.82, 2.24) is 25.0 Å². The van der Waals surface area contributed by atoms with Gasteiger partial charge >= 0.3 is 6.18 Å². The number of nitrogens with one attached hydrogen (secondary N) is 1. The number of pyridine rings is 1. The number of hydrogen-bond donors (Lipinski definition) is 1. The minimum absolute atomic E-state index is 0.00589. The third-order valence-corrected chi connectivity index (χ3v) is 3.55. The van der Waals surface area contributed by atoms with Gasteiger partial charge in [-0.2, -0.15) is 18.3 Å². The van der Waals surface area contributed by atoms with Gasteiger partial charge in [0.05, 0.1) is 16.8 Å². The average Bonchev–Trinajstić information content (AvgIpc) is 2.97. The summed E-state index contributed by atoms with van der Waals surface area (Å²) in [7, 11) is 3.10. The molecule has 0 saturated heterocycles. The topological polar surface area (TPSA) is 63.1 Å². The Bertz CT molecular complexity index is 731. The van der Waals surface area contributed by atoms with Gasteiger partial charge in [-0.1, -0.05) is 11.6 Å². The zero-order valence-electron chi connectivity index (χ0n) is 12.9. The molecule has 0 spiro atoms. The molecule has 0 aliphatic heterocycles. The van der Waals surface area contributed by atoms with E-state index in [1.54, 1.807) is 7.05 Å². The summed E-state index contributed by atoms with van der Waals surface area (Å²) in [5.41, 5.74) is -1.76. The normalized spacial score (nSPS) is 11.6. The monoisotopic (exact) mass is 361 g/mol. The quantitative estimate of drug-likeness (QED) is 0.887. The molecule has 0 radical (unpaired) electrons. The Hall–Kier alpha value is -2.13. The van der Waals surface area contributed by atoms with Gasteiger partial charge in [-0.15, -0.1) is 0 Å². The molecule has 0 aliphatic rings. The van der Waals surface area contributed by atoms with E-state index in [9.17, 15) is 18.0 Å². The first-order valence-electron chi connectivity index (χ1n) is 6.93. The van der Waals surface area contributed by atoms with Crippen LogP contribution in [0.15, 0.2) is 24.5 Å². The molecule has 0 atom stereocenters. The van der Waals surface area contributed by atoms with Gasteiger partial charge in [-0.25, -0.2) is 9.67 Å². The highest BCUT2D eigenvalue weighted by Crippen LogP contribution is 2.34. The highest BCUT2D eigenvalue weighted by atomic mass is 35.5. The lowest BCUT2D eigenvalue weighted by Crippen LogP contribution is -2.34. The molecule has 6 nitrogen and oxygen atoms in total. The van der Waals surface area contributed by atoms with Crippen LogP contribution in [-0.2, 0) is 6.18 Å². The molecule has 130 valence electrons. The lowest BCUT2D eigenvalue weighted by atomic mass is 10.2. The van der Waals surface area contributed by atoms with Crippen LogP contribution in [0.3, 0.4) is 0 Å². The van der Waals surface area contributed by atoms with Gasteiger partial charge in [0.1, 0.15) is 0 Å². The molecule has 2 aromatic rings. The van der Waals surface area contributed by atoms with Crippen LogP contribution in [0.25, 0.3) is 5.82 Å². The summed E-state index contributed by atoms with van der Waals surface area (Å²) in [6.45, 7) is 0.700. The zero-order chi connectivity index (χ0) is 17.9. The van der Waals surface area contributed by atoms with Crippen molar-refractivity contribution in [3.05, 3.63) is 40.8 Å². The fourth-order valence-corrected chi connectivity index (χ4v) is 2.26. The van der Waals surface area contributed by atoms with Crippen molar-refractivity contribution in [3.8, 4) is 5.82 Å². The second-order valence-electron chi connectivity index (χ2n) is 4.96. The van der Waals surface area contributed by atoms with E-state index in [1.165, 1.54) is 30.3 Å². The highest BCUT2D eigenvalue weighted by Gasteiger charge is 2.41. The van der Waals surface area contributed by atoms with Gasteiger partial charge in [-0.05, 0) is 19.2 Å². The van der Waals surface area contributed by atoms with Gasteiger partial charge in [0, 0.05) is 26.3 Å². The maximum atomic E-state index is 13.5. The van der Waals surface area contributed by atoms with Gasteiger partial charge in [0.2, 0.25) is 0 Å². The van der Waals surface area contributed by atoms with Crippen LogP contribution in [-0.4, -0.2) is 52.8 Å². The van der Waals surface area contributed by atoms with E-state index in [2.05, 4.69) is 15.4 Å². The molecule has 0 saturated carbocycles. The molecule has 0 bridgehead atoms. The Balaban J connectivity index is 2.52. The number of rotatable bonds is 5. The molecule has 24 heavy (non-hydrogen) atoms. The van der Waals surface area contributed by atoms with Crippen LogP contribution in [0, 0.1) is 0 Å². The fourth-order valence-electron chi connectivity index (χ4n) is 2.06. The van der Waals surface area contributed by atoms with E-state index in [1.807, 2.05) is 0 Å². The van der Waals surface area contributed by atoms with Gasteiger partial charge in [0.25, 0.3) is 5.91 Å². The van der Waals surface area contributed by atoms with Crippen molar-refractivity contribution < 1.29 is 18.0 Å². The molecule has 1 amide bonds. The van der Waals surface area contributed by atoms with Gasteiger partial charge in [0.15, 0.2) is 11.5 Å². The first kappa shape index (κ1) is 18.2. The van der Waals surface area contributed by atoms with Crippen molar-refractivity contribution in [2.75, 3.05) is 27.2 Å². The number of hydrogen-bond acceptors (Lipinski definition) is 4. The number of alkyl halides is 3. The Labute approximate surface area is 141 Å².